The SMILES string of the molecule is CC(=O)C1=C2c3ccccc3CC2Oc2ccccc21. The van der Waals surface area contributed by atoms with Gasteiger partial charge in [-0.3, -0.25) is 4.79 Å². The van der Waals surface area contributed by atoms with Gasteiger partial charge in [-0.05, 0) is 24.1 Å². The molecule has 4 rings (SSSR count). The summed E-state index contributed by atoms with van der Waals surface area (Å²) in [4.78, 5) is 12.2. The van der Waals surface area contributed by atoms with Crippen LogP contribution in [0.3, 0.4) is 0 Å². The molecule has 0 aromatic heterocycles. The number of ether oxygens (including phenoxy) is 1. The Balaban J connectivity index is 2.05. The lowest BCUT2D eigenvalue weighted by Crippen LogP contribution is -2.23. The minimum atomic E-state index is -0.0267. The molecule has 0 saturated carbocycles. The smallest absolute Gasteiger partial charge is 0.160 e. The number of hydrogen-bond donors (Lipinski definition) is 0. The zero-order valence-corrected chi connectivity index (χ0v) is 11.2. The van der Waals surface area contributed by atoms with Crippen LogP contribution in [0.2, 0.25) is 0 Å². The van der Waals surface area contributed by atoms with Crippen LogP contribution in [0.1, 0.15) is 23.6 Å². The molecule has 20 heavy (non-hydrogen) atoms. The standard InChI is InChI=1S/C18H14O2/c1-11(19)17-14-8-4-5-9-15(14)20-16-10-12-6-2-3-7-13(12)18(16)17/h2-9,16H,10H2,1H3. The summed E-state index contributed by atoms with van der Waals surface area (Å²) < 4.78 is 6.11. The molecule has 0 spiro atoms. The van der Waals surface area contributed by atoms with Gasteiger partial charge in [-0.25, -0.2) is 0 Å². The van der Waals surface area contributed by atoms with E-state index in [9.17, 15) is 4.79 Å². The molecule has 2 nitrogen and oxygen atoms in total. The molecule has 1 heterocycles. The highest BCUT2D eigenvalue weighted by Gasteiger charge is 2.36. The summed E-state index contributed by atoms with van der Waals surface area (Å²) in [5.74, 6) is 0.928. The summed E-state index contributed by atoms with van der Waals surface area (Å²) in [7, 11) is 0. The summed E-state index contributed by atoms with van der Waals surface area (Å²) in [6.07, 6.45) is 0.817. The van der Waals surface area contributed by atoms with E-state index in [1.54, 1.807) is 6.92 Å². The largest absolute Gasteiger partial charge is 0.485 e. The first kappa shape index (κ1) is 11.5. The fourth-order valence-corrected chi connectivity index (χ4v) is 3.29. The monoisotopic (exact) mass is 262 g/mol. The molecule has 1 unspecified atom stereocenters. The summed E-state index contributed by atoms with van der Waals surface area (Å²) >= 11 is 0. The number of allylic oxidation sites excluding steroid dienone is 1. The van der Waals surface area contributed by atoms with Gasteiger partial charge in [-0.1, -0.05) is 42.5 Å². The van der Waals surface area contributed by atoms with Gasteiger partial charge in [-0.15, -0.1) is 0 Å². The Morgan fingerprint density at radius 1 is 1.05 bits per heavy atom. The predicted octanol–water partition coefficient (Wildman–Crippen LogP) is 3.50. The molecule has 2 heteroatoms. The maximum atomic E-state index is 12.2. The Kier molecular flexibility index (Phi) is 2.34. The lowest BCUT2D eigenvalue weighted by atomic mass is 9.90. The zero-order chi connectivity index (χ0) is 13.7. The highest BCUT2D eigenvalue weighted by atomic mass is 16.5. The minimum Gasteiger partial charge on any atom is -0.485 e. The summed E-state index contributed by atoms with van der Waals surface area (Å²) in [5.41, 5.74) is 5.23. The highest BCUT2D eigenvalue weighted by Crippen LogP contribution is 2.46. The maximum absolute atomic E-state index is 12.2. The molecule has 2 aromatic rings. The first-order chi connectivity index (χ1) is 9.75. The van der Waals surface area contributed by atoms with Crippen LogP contribution in [-0.4, -0.2) is 11.9 Å². The van der Waals surface area contributed by atoms with Crippen LogP contribution in [0.25, 0.3) is 11.1 Å². The number of Topliss-reactive ketones (excluding diaryl/α,β-unsaturated/α-hetero) is 1. The molecule has 0 fully saturated rings. The Morgan fingerprint density at radius 2 is 1.75 bits per heavy atom. The molecular formula is C18H14O2. The normalized spacial score (nSPS) is 18.9. The predicted molar refractivity (Wildman–Crippen MR) is 78.5 cm³/mol. The molecule has 1 aliphatic heterocycles. The second-order valence-electron chi connectivity index (χ2n) is 5.31. The van der Waals surface area contributed by atoms with E-state index in [2.05, 4.69) is 12.1 Å². The molecule has 1 atom stereocenters. The first-order valence-electron chi connectivity index (χ1n) is 6.85. The van der Waals surface area contributed by atoms with Crippen molar-refractivity contribution in [1.82, 2.24) is 0 Å². The molecule has 0 N–H and O–H groups in total. The van der Waals surface area contributed by atoms with E-state index >= 15 is 0 Å². The Hall–Kier alpha value is -2.35. The fourth-order valence-electron chi connectivity index (χ4n) is 3.29. The van der Waals surface area contributed by atoms with E-state index < -0.39 is 0 Å². The van der Waals surface area contributed by atoms with E-state index in [4.69, 9.17) is 4.74 Å². The van der Waals surface area contributed by atoms with Gasteiger partial charge in [0.1, 0.15) is 11.9 Å². The average molecular weight is 262 g/mol. The second kappa shape index (κ2) is 4.07. The van der Waals surface area contributed by atoms with Crippen molar-refractivity contribution >= 4 is 16.9 Å². The van der Waals surface area contributed by atoms with Crippen LogP contribution in [-0.2, 0) is 11.2 Å². The third-order valence-electron chi connectivity index (χ3n) is 4.08. The summed E-state index contributed by atoms with van der Waals surface area (Å²) in [5, 5.41) is 0. The van der Waals surface area contributed by atoms with Crippen molar-refractivity contribution in [2.45, 2.75) is 19.4 Å². The molecule has 0 amide bonds. The maximum Gasteiger partial charge on any atom is 0.160 e. The van der Waals surface area contributed by atoms with Gasteiger partial charge >= 0.3 is 0 Å². The second-order valence-corrected chi connectivity index (χ2v) is 5.31. The van der Waals surface area contributed by atoms with E-state index in [-0.39, 0.29) is 11.9 Å². The van der Waals surface area contributed by atoms with Crippen LogP contribution >= 0.6 is 0 Å². The van der Waals surface area contributed by atoms with Gasteiger partial charge in [0.15, 0.2) is 5.78 Å². The van der Waals surface area contributed by atoms with Crippen molar-refractivity contribution in [3.63, 3.8) is 0 Å². The van der Waals surface area contributed by atoms with E-state index in [0.29, 0.717) is 0 Å². The van der Waals surface area contributed by atoms with Gasteiger partial charge in [0.05, 0.1) is 0 Å². The highest BCUT2D eigenvalue weighted by molar-refractivity contribution is 6.29. The van der Waals surface area contributed by atoms with Crippen LogP contribution in [0.5, 0.6) is 5.75 Å². The third kappa shape index (κ3) is 1.48. The number of benzene rings is 2. The molecule has 0 bridgehead atoms. The van der Waals surface area contributed by atoms with Crippen LogP contribution < -0.4 is 4.74 Å². The van der Waals surface area contributed by atoms with Crippen molar-refractivity contribution in [3.8, 4) is 5.75 Å². The summed E-state index contributed by atoms with van der Waals surface area (Å²) in [6, 6.07) is 16.1. The number of fused-ring (bicyclic) bond motifs is 4. The Morgan fingerprint density at radius 3 is 2.55 bits per heavy atom. The first-order valence-corrected chi connectivity index (χ1v) is 6.85. The number of carbonyl (C=O) groups is 1. The molecule has 1 aliphatic carbocycles. The van der Waals surface area contributed by atoms with E-state index in [0.717, 1.165) is 34.4 Å². The lowest BCUT2D eigenvalue weighted by Gasteiger charge is -2.26. The molecule has 0 saturated heterocycles. The Bertz CT molecular complexity index is 756. The minimum absolute atomic E-state index is 0.0267. The molecular weight excluding hydrogens is 248 g/mol. The van der Waals surface area contributed by atoms with Gasteiger partial charge in [0, 0.05) is 23.1 Å². The average Bonchev–Trinajstić information content (AvgIpc) is 2.82. The van der Waals surface area contributed by atoms with Gasteiger partial charge in [0.25, 0.3) is 0 Å². The van der Waals surface area contributed by atoms with E-state index in [1.165, 1.54) is 5.56 Å². The van der Waals surface area contributed by atoms with Crippen molar-refractivity contribution in [1.29, 1.82) is 0 Å². The van der Waals surface area contributed by atoms with Gasteiger partial charge < -0.3 is 4.74 Å². The number of para-hydroxylation sites is 1. The number of ketones is 1. The number of carbonyl (C=O) groups excluding carboxylic acids is 1. The molecule has 2 aromatic carbocycles. The van der Waals surface area contributed by atoms with Crippen molar-refractivity contribution in [2.24, 2.45) is 0 Å². The number of rotatable bonds is 1. The third-order valence-corrected chi connectivity index (χ3v) is 4.08. The molecule has 0 radical (unpaired) electrons. The molecule has 98 valence electrons. The van der Waals surface area contributed by atoms with Crippen LogP contribution in [0.4, 0.5) is 0 Å². The fraction of sp³-hybridized carbons (Fsp3) is 0.167. The number of hydrogen-bond acceptors (Lipinski definition) is 2. The Labute approximate surface area is 117 Å². The topological polar surface area (TPSA) is 26.3 Å². The van der Waals surface area contributed by atoms with E-state index in [1.807, 2.05) is 36.4 Å². The quantitative estimate of drug-likeness (QED) is 0.786. The van der Waals surface area contributed by atoms with Crippen molar-refractivity contribution in [3.05, 3.63) is 65.2 Å². The van der Waals surface area contributed by atoms with Crippen LogP contribution in [0, 0.1) is 0 Å². The van der Waals surface area contributed by atoms with Crippen molar-refractivity contribution in [2.75, 3.05) is 0 Å². The zero-order valence-electron chi connectivity index (χ0n) is 11.2. The van der Waals surface area contributed by atoms with Crippen LogP contribution in [0.15, 0.2) is 48.5 Å². The van der Waals surface area contributed by atoms with Gasteiger partial charge in [-0.2, -0.15) is 0 Å². The lowest BCUT2D eigenvalue weighted by molar-refractivity contribution is -0.111. The molecule has 2 aliphatic rings. The van der Waals surface area contributed by atoms with Gasteiger partial charge in [0.2, 0.25) is 0 Å². The summed E-state index contributed by atoms with van der Waals surface area (Å²) in [6.45, 7) is 1.64. The van der Waals surface area contributed by atoms with Crippen molar-refractivity contribution < 1.29 is 9.53 Å².